The number of alkyl halides is 3. The molecule has 2 aliphatic rings. The fourth-order valence-corrected chi connectivity index (χ4v) is 7.48. The topological polar surface area (TPSA) is 0 Å². The van der Waals surface area contributed by atoms with Crippen LogP contribution < -0.4 is 0 Å². The standard InChI is InChI=1S/C16H18BrF3S/c1-2-4-11-7-8-13-10-15(12-5-3-6-12)21(17,14(13)9-11)16(18,19)20/h7-10,12H,2-6H2,1H3. The summed E-state index contributed by atoms with van der Waals surface area (Å²) in [6, 6.07) is 5.60. The van der Waals surface area contributed by atoms with E-state index in [1.54, 1.807) is 12.1 Å². The van der Waals surface area contributed by atoms with E-state index >= 15 is 0 Å². The summed E-state index contributed by atoms with van der Waals surface area (Å²) in [5.41, 5.74) is -2.48. The molecule has 3 rings (SSSR count). The highest BCUT2D eigenvalue weighted by Crippen LogP contribution is 2.83. The second-order valence-electron chi connectivity index (χ2n) is 5.78. The first kappa shape index (κ1) is 15.5. The summed E-state index contributed by atoms with van der Waals surface area (Å²) in [6.07, 6.45) is 6.38. The number of benzene rings is 1. The lowest BCUT2D eigenvalue weighted by Crippen LogP contribution is -2.22. The number of allylic oxidation sites excluding steroid dienone is 1. The average molecular weight is 379 g/mol. The van der Waals surface area contributed by atoms with Gasteiger partial charge in [-0.3, -0.25) is 0 Å². The zero-order valence-corrected chi connectivity index (χ0v) is 14.2. The smallest absolute Gasteiger partial charge is 0.160 e. The fourth-order valence-electron chi connectivity index (χ4n) is 3.05. The molecule has 0 radical (unpaired) electrons. The van der Waals surface area contributed by atoms with Crippen molar-refractivity contribution in [2.45, 2.75) is 49.4 Å². The van der Waals surface area contributed by atoms with Gasteiger partial charge in [-0.2, -0.15) is 13.2 Å². The van der Waals surface area contributed by atoms with E-state index in [9.17, 15) is 13.2 Å². The molecular formula is C16H18BrF3S. The van der Waals surface area contributed by atoms with Crippen molar-refractivity contribution in [2.24, 2.45) is 5.92 Å². The van der Waals surface area contributed by atoms with Crippen LogP contribution in [0.15, 0.2) is 28.0 Å². The number of rotatable bonds is 3. The highest BCUT2D eigenvalue weighted by Gasteiger charge is 2.57. The van der Waals surface area contributed by atoms with Gasteiger partial charge >= 0.3 is 5.51 Å². The van der Waals surface area contributed by atoms with Crippen LogP contribution in [-0.4, -0.2) is 5.51 Å². The minimum absolute atomic E-state index is 0.100. The molecule has 116 valence electrons. The molecule has 1 aromatic rings. The van der Waals surface area contributed by atoms with Gasteiger partial charge in [0.1, 0.15) is 0 Å². The SMILES string of the molecule is CCCc1ccc2c(c1)S(Br)(C(F)(F)F)C(C1CCC1)=C2. The van der Waals surface area contributed by atoms with Gasteiger partial charge in [0.2, 0.25) is 0 Å². The van der Waals surface area contributed by atoms with E-state index in [4.69, 9.17) is 0 Å². The monoisotopic (exact) mass is 378 g/mol. The predicted molar refractivity (Wildman–Crippen MR) is 86.6 cm³/mol. The molecule has 0 spiro atoms. The summed E-state index contributed by atoms with van der Waals surface area (Å²) in [7, 11) is -3.05. The number of halogens is 4. The highest BCUT2D eigenvalue weighted by molar-refractivity contribution is 9.59. The first-order valence-electron chi connectivity index (χ1n) is 7.31. The average Bonchev–Trinajstić information content (AvgIpc) is 2.63. The Hall–Kier alpha value is -0.420. The van der Waals surface area contributed by atoms with Crippen LogP contribution >= 0.6 is 23.3 Å². The zero-order valence-electron chi connectivity index (χ0n) is 11.8. The van der Waals surface area contributed by atoms with Gasteiger partial charge < -0.3 is 0 Å². The summed E-state index contributed by atoms with van der Waals surface area (Å²) < 4.78 is 41.6. The summed E-state index contributed by atoms with van der Waals surface area (Å²) in [6.45, 7) is 2.04. The Morgan fingerprint density at radius 3 is 2.52 bits per heavy atom. The van der Waals surface area contributed by atoms with Gasteiger partial charge in [0, 0.05) is 4.90 Å². The Labute approximate surface area is 132 Å². The Morgan fingerprint density at radius 2 is 2.00 bits per heavy atom. The minimum Gasteiger partial charge on any atom is -0.160 e. The molecular weight excluding hydrogens is 361 g/mol. The molecule has 1 heterocycles. The van der Waals surface area contributed by atoms with E-state index < -0.39 is 14.0 Å². The Bertz CT molecular complexity index is 590. The van der Waals surface area contributed by atoms with Gasteiger partial charge in [-0.25, -0.2) is 0 Å². The van der Waals surface area contributed by atoms with Crippen molar-refractivity contribution in [1.29, 1.82) is 0 Å². The predicted octanol–water partition coefficient (Wildman–Crippen LogP) is 6.79. The van der Waals surface area contributed by atoms with E-state index in [0.29, 0.717) is 9.80 Å². The van der Waals surface area contributed by atoms with Gasteiger partial charge in [-0.05, 0) is 76.6 Å². The van der Waals surface area contributed by atoms with Crippen LogP contribution in [0.1, 0.15) is 43.7 Å². The van der Waals surface area contributed by atoms with Crippen LogP contribution in [0.25, 0.3) is 6.08 Å². The maximum Gasteiger partial charge on any atom is 0.442 e. The number of hydrogen-bond donors (Lipinski definition) is 0. The molecule has 0 bridgehead atoms. The first-order valence-corrected chi connectivity index (χ1v) is 10.8. The van der Waals surface area contributed by atoms with Crippen molar-refractivity contribution in [3.63, 3.8) is 0 Å². The molecule has 1 saturated carbocycles. The van der Waals surface area contributed by atoms with Crippen LogP contribution in [0.4, 0.5) is 13.2 Å². The molecule has 0 nitrogen and oxygen atoms in total. The molecule has 1 unspecified atom stereocenters. The lowest BCUT2D eigenvalue weighted by Gasteiger charge is -2.41. The van der Waals surface area contributed by atoms with E-state index in [1.165, 1.54) is 0 Å². The third-order valence-electron chi connectivity index (χ3n) is 4.37. The van der Waals surface area contributed by atoms with Crippen molar-refractivity contribution in [2.75, 3.05) is 0 Å². The van der Waals surface area contributed by atoms with Gasteiger partial charge in [0.05, 0.1) is 0 Å². The summed E-state index contributed by atoms with van der Waals surface area (Å²) in [5.74, 6) is 0.100. The van der Waals surface area contributed by atoms with Gasteiger partial charge in [-0.15, -0.1) is 0 Å². The number of fused-ring (bicyclic) bond motifs is 1. The molecule has 5 heteroatoms. The molecule has 1 aliphatic heterocycles. The molecule has 1 atom stereocenters. The second-order valence-corrected chi connectivity index (χ2v) is 11.1. The first-order chi connectivity index (χ1) is 9.88. The van der Waals surface area contributed by atoms with Gasteiger partial charge in [-0.1, -0.05) is 31.9 Å². The Balaban J connectivity index is 2.10. The Morgan fingerprint density at radius 1 is 1.29 bits per heavy atom. The maximum absolute atomic E-state index is 13.9. The third-order valence-corrected chi connectivity index (χ3v) is 10.3. The quantitative estimate of drug-likeness (QED) is 0.543. The summed E-state index contributed by atoms with van der Waals surface area (Å²) in [4.78, 5) is 1.05. The van der Waals surface area contributed by atoms with E-state index in [0.717, 1.165) is 43.2 Å². The molecule has 21 heavy (non-hydrogen) atoms. The van der Waals surface area contributed by atoms with Crippen LogP contribution in [0.5, 0.6) is 0 Å². The normalized spacial score (nSPS) is 28.5. The molecule has 0 saturated heterocycles. The molecule has 1 aromatic carbocycles. The molecule has 1 fully saturated rings. The van der Waals surface area contributed by atoms with E-state index in [-0.39, 0.29) is 5.92 Å². The highest BCUT2D eigenvalue weighted by atomic mass is 79.9. The molecule has 1 aliphatic carbocycles. The maximum atomic E-state index is 13.9. The zero-order chi connectivity index (χ0) is 15.3. The van der Waals surface area contributed by atoms with Crippen LogP contribution in [-0.2, 0) is 6.42 Å². The fraction of sp³-hybridized carbons (Fsp3) is 0.500. The molecule has 0 N–H and O–H groups in total. The van der Waals surface area contributed by atoms with Crippen molar-refractivity contribution in [3.05, 3.63) is 34.2 Å². The largest absolute Gasteiger partial charge is 0.442 e. The lowest BCUT2D eigenvalue weighted by molar-refractivity contribution is -0.0358. The van der Waals surface area contributed by atoms with E-state index in [2.05, 4.69) is 14.8 Å². The Kier molecular flexibility index (Phi) is 3.93. The second kappa shape index (κ2) is 5.34. The van der Waals surface area contributed by atoms with Gasteiger partial charge in [0.25, 0.3) is 0 Å². The van der Waals surface area contributed by atoms with Gasteiger partial charge in [0.15, 0.2) is 0 Å². The van der Waals surface area contributed by atoms with Crippen LogP contribution in [0.3, 0.4) is 0 Å². The van der Waals surface area contributed by atoms with Crippen LogP contribution in [0, 0.1) is 5.92 Å². The van der Waals surface area contributed by atoms with Crippen molar-refractivity contribution < 1.29 is 13.2 Å². The van der Waals surface area contributed by atoms with E-state index in [1.807, 2.05) is 19.1 Å². The third kappa shape index (κ3) is 2.37. The summed E-state index contributed by atoms with van der Waals surface area (Å²) >= 11 is 3.18. The lowest BCUT2D eigenvalue weighted by atomic mass is 9.85. The number of hydrogen-bond acceptors (Lipinski definition) is 0. The van der Waals surface area contributed by atoms with Crippen molar-refractivity contribution >= 4 is 29.4 Å². The number of aryl methyl sites for hydroxylation is 1. The van der Waals surface area contributed by atoms with Crippen molar-refractivity contribution in [3.8, 4) is 0 Å². The molecule has 0 aromatic heterocycles. The van der Waals surface area contributed by atoms with Crippen LogP contribution in [0.2, 0.25) is 0 Å². The molecule has 0 amide bonds. The van der Waals surface area contributed by atoms with Crippen molar-refractivity contribution in [1.82, 2.24) is 0 Å². The summed E-state index contributed by atoms with van der Waals surface area (Å²) in [5, 5.41) is 0. The minimum atomic E-state index is -4.23.